The molecule has 0 spiro atoms. The van der Waals surface area contributed by atoms with E-state index in [-0.39, 0.29) is 11.8 Å². The molecule has 30 heavy (non-hydrogen) atoms. The molecule has 1 N–H and O–H groups in total. The zero-order valence-electron chi connectivity index (χ0n) is 18.2. The average molecular weight is 431 g/mol. The minimum Gasteiger partial charge on any atom is -0.356 e. The molecule has 1 aromatic rings. The molecule has 2 heterocycles. The Morgan fingerprint density at radius 2 is 1.83 bits per heavy atom. The van der Waals surface area contributed by atoms with Crippen molar-refractivity contribution in [1.82, 2.24) is 15.2 Å². The van der Waals surface area contributed by atoms with Gasteiger partial charge in [0.15, 0.2) is 0 Å². The normalized spacial score (nSPS) is 13.4. The topological polar surface area (TPSA) is 74.7 Å². The Morgan fingerprint density at radius 3 is 2.53 bits per heavy atom. The molecule has 0 aromatic carbocycles. The molecule has 6 nitrogen and oxygen atoms in total. The SMILES string of the molecule is CCCN(CCC)C(=O)CCCC(=O)NCCCC1=NC(c2ccncc2)=CCS1. The third-order valence-electron chi connectivity index (χ3n) is 4.77. The maximum absolute atomic E-state index is 12.2. The van der Waals surface area contributed by atoms with Gasteiger partial charge in [0.25, 0.3) is 0 Å². The Kier molecular flexibility index (Phi) is 11.2. The Balaban J connectivity index is 1.62. The fourth-order valence-corrected chi connectivity index (χ4v) is 4.16. The lowest BCUT2D eigenvalue weighted by Gasteiger charge is -2.21. The van der Waals surface area contributed by atoms with Crippen LogP contribution in [-0.4, -0.2) is 52.1 Å². The van der Waals surface area contributed by atoms with Gasteiger partial charge in [0, 0.05) is 56.2 Å². The smallest absolute Gasteiger partial charge is 0.222 e. The van der Waals surface area contributed by atoms with Crippen LogP contribution in [0.5, 0.6) is 0 Å². The largest absolute Gasteiger partial charge is 0.356 e. The third kappa shape index (κ3) is 8.69. The van der Waals surface area contributed by atoms with Crippen LogP contribution in [0.25, 0.3) is 5.70 Å². The molecule has 0 bridgehead atoms. The number of pyridine rings is 1. The van der Waals surface area contributed by atoms with Crippen LogP contribution >= 0.6 is 11.8 Å². The van der Waals surface area contributed by atoms with Crippen LogP contribution in [0.1, 0.15) is 64.4 Å². The lowest BCUT2D eigenvalue weighted by molar-refractivity contribution is -0.131. The maximum atomic E-state index is 12.2. The van der Waals surface area contributed by atoms with E-state index in [1.807, 2.05) is 17.0 Å². The molecule has 164 valence electrons. The van der Waals surface area contributed by atoms with Gasteiger partial charge in [-0.2, -0.15) is 0 Å². The molecule has 0 saturated carbocycles. The van der Waals surface area contributed by atoms with Crippen LogP contribution in [0.2, 0.25) is 0 Å². The highest BCUT2D eigenvalue weighted by Crippen LogP contribution is 2.25. The van der Waals surface area contributed by atoms with Gasteiger partial charge in [-0.1, -0.05) is 13.8 Å². The number of carbonyl (C=O) groups is 2. The van der Waals surface area contributed by atoms with Crippen molar-refractivity contribution < 1.29 is 9.59 Å². The summed E-state index contributed by atoms with van der Waals surface area (Å²) in [7, 11) is 0. The molecule has 1 aliphatic rings. The number of thioether (sulfide) groups is 1. The van der Waals surface area contributed by atoms with E-state index in [0.29, 0.717) is 25.8 Å². The summed E-state index contributed by atoms with van der Waals surface area (Å²) in [5, 5.41) is 4.07. The zero-order valence-corrected chi connectivity index (χ0v) is 19.0. The number of hydrogen-bond donors (Lipinski definition) is 1. The van der Waals surface area contributed by atoms with Crippen molar-refractivity contribution >= 4 is 34.3 Å². The van der Waals surface area contributed by atoms with Gasteiger partial charge in [0.1, 0.15) is 0 Å². The fraction of sp³-hybridized carbons (Fsp3) is 0.565. The second kappa shape index (κ2) is 14.0. The van der Waals surface area contributed by atoms with Gasteiger partial charge >= 0.3 is 0 Å². The van der Waals surface area contributed by atoms with Crippen LogP contribution in [-0.2, 0) is 9.59 Å². The zero-order chi connectivity index (χ0) is 21.6. The Labute approximate surface area is 184 Å². The summed E-state index contributed by atoms with van der Waals surface area (Å²) in [6.07, 6.45) is 10.8. The fourth-order valence-electron chi connectivity index (χ4n) is 3.28. The van der Waals surface area contributed by atoms with Gasteiger partial charge < -0.3 is 10.2 Å². The highest BCUT2D eigenvalue weighted by Gasteiger charge is 2.13. The van der Waals surface area contributed by atoms with E-state index in [0.717, 1.165) is 60.8 Å². The van der Waals surface area contributed by atoms with Crippen molar-refractivity contribution in [3.8, 4) is 0 Å². The number of amides is 2. The van der Waals surface area contributed by atoms with Crippen molar-refractivity contribution in [2.24, 2.45) is 4.99 Å². The monoisotopic (exact) mass is 430 g/mol. The summed E-state index contributed by atoms with van der Waals surface area (Å²) >= 11 is 1.75. The van der Waals surface area contributed by atoms with Crippen LogP contribution in [0.15, 0.2) is 35.6 Å². The summed E-state index contributed by atoms with van der Waals surface area (Å²) in [5.74, 6) is 1.11. The van der Waals surface area contributed by atoms with E-state index in [4.69, 9.17) is 4.99 Å². The molecule has 0 fully saturated rings. The number of carbonyl (C=O) groups excluding carboxylic acids is 2. The quantitative estimate of drug-likeness (QED) is 0.474. The second-order valence-corrected chi connectivity index (χ2v) is 8.42. The first kappa shape index (κ1) is 24.1. The van der Waals surface area contributed by atoms with E-state index in [2.05, 4.69) is 30.2 Å². The summed E-state index contributed by atoms with van der Waals surface area (Å²) in [6, 6.07) is 3.94. The van der Waals surface area contributed by atoms with E-state index in [9.17, 15) is 9.59 Å². The lowest BCUT2D eigenvalue weighted by Crippen LogP contribution is -2.32. The van der Waals surface area contributed by atoms with E-state index < -0.39 is 0 Å². The summed E-state index contributed by atoms with van der Waals surface area (Å²) < 4.78 is 0. The summed E-state index contributed by atoms with van der Waals surface area (Å²) in [4.78, 5) is 35.0. The first-order valence-corrected chi connectivity index (χ1v) is 12.0. The van der Waals surface area contributed by atoms with Crippen LogP contribution in [0.4, 0.5) is 0 Å². The van der Waals surface area contributed by atoms with Gasteiger partial charge in [-0.3, -0.25) is 14.6 Å². The molecule has 2 rings (SSSR count). The van der Waals surface area contributed by atoms with E-state index in [1.165, 1.54) is 0 Å². The molecule has 1 aliphatic heterocycles. The molecule has 0 aliphatic carbocycles. The number of nitrogens with zero attached hydrogens (tertiary/aromatic N) is 3. The van der Waals surface area contributed by atoms with Crippen molar-refractivity contribution in [2.75, 3.05) is 25.4 Å². The molecule has 2 amide bonds. The second-order valence-electron chi connectivity index (χ2n) is 7.33. The lowest BCUT2D eigenvalue weighted by atomic mass is 10.2. The maximum Gasteiger partial charge on any atom is 0.222 e. The van der Waals surface area contributed by atoms with E-state index >= 15 is 0 Å². The number of rotatable bonds is 13. The number of nitrogens with one attached hydrogen (secondary N) is 1. The summed E-state index contributed by atoms with van der Waals surface area (Å²) in [6.45, 7) is 6.41. The summed E-state index contributed by atoms with van der Waals surface area (Å²) in [5.41, 5.74) is 2.09. The number of aliphatic imine (C=N–C) groups is 1. The molecular formula is C23H34N4O2S. The Morgan fingerprint density at radius 1 is 1.10 bits per heavy atom. The molecule has 7 heteroatoms. The van der Waals surface area contributed by atoms with Gasteiger partial charge in [-0.05, 0) is 50.3 Å². The van der Waals surface area contributed by atoms with Gasteiger partial charge in [0.2, 0.25) is 11.8 Å². The highest BCUT2D eigenvalue weighted by molar-refractivity contribution is 8.14. The van der Waals surface area contributed by atoms with Gasteiger partial charge in [-0.15, -0.1) is 11.8 Å². The number of hydrogen-bond acceptors (Lipinski definition) is 5. The van der Waals surface area contributed by atoms with Crippen molar-refractivity contribution in [2.45, 2.75) is 58.8 Å². The van der Waals surface area contributed by atoms with Crippen LogP contribution in [0.3, 0.4) is 0 Å². The highest BCUT2D eigenvalue weighted by atomic mass is 32.2. The van der Waals surface area contributed by atoms with E-state index in [1.54, 1.807) is 24.2 Å². The van der Waals surface area contributed by atoms with Crippen molar-refractivity contribution in [3.05, 3.63) is 36.2 Å². The predicted octanol–water partition coefficient (Wildman–Crippen LogP) is 4.28. The van der Waals surface area contributed by atoms with Crippen molar-refractivity contribution in [1.29, 1.82) is 0 Å². The van der Waals surface area contributed by atoms with Crippen LogP contribution in [0, 0.1) is 0 Å². The van der Waals surface area contributed by atoms with Gasteiger partial charge in [-0.25, -0.2) is 4.99 Å². The molecule has 0 unspecified atom stereocenters. The average Bonchev–Trinajstić information content (AvgIpc) is 2.77. The number of aromatic nitrogens is 1. The minimum atomic E-state index is 0.0240. The Hall–Kier alpha value is -2.15. The molecule has 0 saturated heterocycles. The standard InChI is InChI=1S/C23H34N4O2S/c1-3-16-27(17-4-2)23(29)9-5-7-21(28)25-13-6-8-22-26-20(12-18-30-22)19-10-14-24-15-11-19/h10-12,14-15H,3-9,13,16-18H2,1-2H3,(H,25,28). The predicted molar refractivity (Wildman–Crippen MR) is 125 cm³/mol. The molecule has 1 aromatic heterocycles. The third-order valence-corrected chi connectivity index (χ3v) is 5.73. The Bertz CT molecular complexity index is 728. The van der Waals surface area contributed by atoms with Crippen molar-refractivity contribution in [3.63, 3.8) is 0 Å². The molecular weight excluding hydrogens is 396 g/mol. The molecule has 0 atom stereocenters. The first-order valence-electron chi connectivity index (χ1n) is 11.0. The van der Waals surface area contributed by atoms with Gasteiger partial charge in [0.05, 0.1) is 10.7 Å². The first-order chi connectivity index (χ1) is 14.6. The van der Waals surface area contributed by atoms with Crippen LogP contribution < -0.4 is 5.32 Å². The molecule has 0 radical (unpaired) electrons. The minimum absolute atomic E-state index is 0.0240.